The van der Waals surface area contributed by atoms with Crippen LogP contribution in [-0.4, -0.2) is 28.5 Å². The Bertz CT molecular complexity index is 1060. The number of hydrogen-bond donors (Lipinski definition) is 2. The summed E-state index contributed by atoms with van der Waals surface area (Å²) in [7, 11) is 0. The fourth-order valence-electron chi connectivity index (χ4n) is 2.81. The Morgan fingerprint density at radius 1 is 1.21 bits per heavy atom. The summed E-state index contributed by atoms with van der Waals surface area (Å²) in [5.41, 5.74) is 3.66. The van der Waals surface area contributed by atoms with Crippen LogP contribution < -0.4 is 10.6 Å². The van der Waals surface area contributed by atoms with Crippen molar-refractivity contribution in [2.24, 2.45) is 0 Å². The number of aryl methyl sites for hydroxylation is 2. The number of nitrogens with zero attached hydrogens (tertiary/aromatic N) is 2. The maximum Gasteiger partial charge on any atom is 0.259 e. The summed E-state index contributed by atoms with van der Waals surface area (Å²) in [4.78, 5) is 29.4. The van der Waals surface area contributed by atoms with Gasteiger partial charge in [-0.05, 0) is 49.6 Å². The fourth-order valence-corrected chi connectivity index (χ4v) is 3.28. The molecule has 0 atom stereocenters. The molecule has 0 radical (unpaired) electrons. The van der Waals surface area contributed by atoms with Gasteiger partial charge in [0, 0.05) is 15.9 Å². The van der Waals surface area contributed by atoms with Gasteiger partial charge in [0.15, 0.2) is 0 Å². The van der Waals surface area contributed by atoms with Crippen LogP contribution in [0, 0.1) is 13.8 Å². The zero-order valence-corrected chi connectivity index (χ0v) is 17.7. The van der Waals surface area contributed by atoms with Gasteiger partial charge in [-0.25, -0.2) is 4.98 Å². The lowest BCUT2D eigenvalue weighted by molar-refractivity contribution is -0.115. The number of anilines is 1. The lowest BCUT2D eigenvalue weighted by atomic mass is 10.0. The first-order valence-electron chi connectivity index (χ1n) is 8.87. The van der Waals surface area contributed by atoms with Crippen LogP contribution in [0.5, 0.6) is 0 Å². The van der Waals surface area contributed by atoms with Crippen LogP contribution in [0.3, 0.4) is 0 Å². The van der Waals surface area contributed by atoms with E-state index in [1.54, 1.807) is 19.1 Å². The number of carbonyl (C=O) groups excluding carboxylic acids is 2. The molecule has 2 heterocycles. The van der Waals surface area contributed by atoms with E-state index in [0.717, 1.165) is 15.7 Å². The second-order valence-electron chi connectivity index (χ2n) is 6.89. The smallest absolute Gasteiger partial charge is 0.259 e. The highest BCUT2D eigenvalue weighted by molar-refractivity contribution is 9.10. The number of fused-ring (bicyclic) bond motifs is 1. The molecule has 0 aliphatic rings. The number of hydrogen-bond acceptors (Lipinski definition) is 5. The summed E-state index contributed by atoms with van der Waals surface area (Å²) in [6.07, 6.45) is 0. The molecule has 0 saturated heterocycles. The van der Waals surface area contributed by atoms with E-state index in [9.17, 15) is 9.59 Å². The first-order chi connectivity index (χ1) is 13.3. The number of halogens is 1. The molecule has 7 nitrogen and oxygen atoms in total. The van der Waals surface area contributed by atoms with Crippen molar-refractivity contribution in [2.45, 2.75) is 33.6 Å². The predicted molar refractivity (Wildman–Crippen MR) is 110 cm³/mol. The number of nitrogens with one attached hydrogen (secondary N) is 2. The molecule has 0 saturated carbocycles. The van der Waals surface area contributed by atoms with Crippen LogP contribution in [0.4, 0.5) is 5.69 Å². The van der Waals surface area contributed by atoms with Crippen molar-refractivity contribution in [1.29, 1.82) is 0 Å². The second kappa shape index (κ2) is 8.10. The van der Waals surface area contributed by atoms with Crippen LogP contribution in [-0.2, 0) is 4.79 Å². The number of aromatic nitrogens is 2. The van der Waals surface area contributed by atoms with Gasteiger partial charge < -0.3 is 15.2 Å². The summed E-state index contributed by atoms with van der Waals surface area (Å²) < 4.78 is 6.17. The van der Waals surface area contributed by atoms with Crippen LogP contribution in [0.1, 0.15) is 47.1 Å². The number of rotatable bonds is 5. The monoisotopic (exact) mass is 444 g/mol. The van der Waals surface area contributed by atoms with Crippen LogP contribution in [0.2, 0.25) is 0 Å². The van der Waals surface area contributed by atoms with Gasteiger partial charge in [-0.1, -0.05) is 34.9 Å². The molecule has 1 aromatic carbocycles. The van der Waals surface area contributed by atoms with E-state index in [4.69, 9.17) is 4.52 Å². The maximum atomic E-state index is 12.8. The highest BCUT2D eigenvalue weighted by atomic mass is 79.9. The molecule has 2 aromatic heterocycles. The van der Waals surface area contributed by atoms with Gasteiger partial charge in [0.1, 0.15) is 0 Å². The topological polar surface area (TPSA) is 97.1 Å². The van der Waals surface area contributed by atoms with Gasteiger partial charge in [0.05, 0.1) is 23.2 Å². The Kier molecular flexibility index (Phi) is 5.79. The number of carbonyl (C=O) groups is 2. The summed E-state index contributed by atoms with van der Waals surface area (Å²) in [5, 5.41) is 9.94. The van der Waals surface area contributed by atoms with E-state index >= 15 is 0 Å². The van der Waals surface area contributed by atoms with Crippen molar-refractivity contribution in [1.82, 2.24) is 15.5 Å². The predicted octanol–water partition coefficient (Wildman–Crippen LogP) is 4.09. The van der Waals surface area contributed by atoms with Gasteiger partial charge in [-0.2, -0.15) is 0 Å². The van der Waals surface area contributed by atoms with Crippen molar-refractivity contribution in [3.05, 3.63) is 51.3 Å². The van der Waals surface area contributed by atoms with Crippen molar-refractivity contribution < 1.29 is 14.1 Å². The maximum absolute atomic E-state index is 12.8. The third kappa shape index (κ3) is 4.22. The van der Waals surface area contributed by atoms with Crippen LogP contribution in [0.15, 0.2) is 33.3 Å². The van der Waals surface area contributed by atoms with Crippen LogP contribution >= 0.6 is 15.9 Å². The zero-order valence-electron chi connectivity index (χ0n) is 16.1. The third-order valence-electron chi connectivity index (χ3n) is 4.35. The minimum absolute atomic E-state index is 0.116. The molecule has 146 valence electrons. The van der Waals surface area contributed by atoms with Crippen LogP contribution in [0.25, 0.3) is 11.1 Å². The van der Waals surface area contributed by atoms with E-state index in [0.29, 0.717) is 28.0 Å². The second-order valence-corrected chi connectivity index (χ2v) is 7.80. The lowest BCUT2D eigenvalue weighted by Crippen LogP contribution is -2.33. The molecular weight excluding hydrogens is 424 g/mol. The van der Waals surface area contributed by atoms with E-state index in [1.807, 2.05) is 32.9 Å². The van der Waals surface area contributed by atoms with E-state index in [1.165, 1.54) is 0 Å². The molecule has 0 aliphatic heterocycles. The first-order valence-corrected chi connectivity index (χ1v) is 9.66. The molecule has 2 amide bonds. The Morgan fingerprint density at radius 3 is 2.64 bits per heavy atom. The standard InChI is InChI=1S/C20H21BrN4O3/c1-10(2)16-8-14(18-12(4)25-28-20(18)24-16)19(27)22-9-17(26)23-15-6-5-13(21)7-11(15)3/h5-8,10H,9H2,1-4H3,(H,22,27)(H,23,26). The average molecular weight is 445 g/mol. The quantitative estimate of drug-likeness (QED) is 0.617. The summed E-state index contributed by atoms with van der Waals surface area (Å²) in [6.45, 7) is 7.46. The Morgan fingerprint density at radius 2 is 1.96 bits per heavy atom. The highest BCUT2D eigenvalue weighted by Crippen LogP contribution is 2.25. The molecule has 3 aromatic rings. The number of pyridine rings is 1. The lowest BCUT2D eigenvalue weighted by Gasteiger charge is -2.11. The minimum atomic E-state index is -0.372. The van der Waals surface area contributed by atoms with Crippen molar-refractivity contribution in [3.8, 4) is 0 Å². The molecule has 3 rings (SSSR count). The molecule has 28 heavy (non-hydrogen) atoms. The van der Waals surface area contributed by atoms with Gasteiger partial charge in [0.2, 0.25) is 5.91 Å². The Balaban J connectivity index is 1.76. The average Bonchev–Trinajstić information content (AvgIpc) is 3.02. The van der Waals surface area contributed by atoms with Crippen molar-refractivity contribution in [3.63, 3.8) is 0 Å². The van der Waals surface area contributed by atoms with Crippen molar-refractivity contribution >= 4 is 44.5 Å². The third-order valence-corrected chi connectivity index (χ3v) is 4.84. The highest BCUT2D eigenvalue weighted by Gasteiger charge is 2.20. The number of amides is 2. The van der Waals surface area contributed by atoms with Gasteiger partial charge >= 0.3 is 0 Å². The van der Waals surface area contributed by atoms with Gasteiger partial charge in [0.25, 0.3) is 11.6 Å². The molecule has 2 N–H and O–H groups in total. The minimum Gasteiger partial charge on any atom is -0.343 e. The van der Waals surface area contributed by atoms with Crippen molar-refractivity contribution in [2.75, 3.05) is 11.9 Å². The first kappa shape index (κ1) is 20.0. The normalized spacial score (nSPS) is 11.1. The summed E-state index contributed by atoms with van der Waals surface area (Å²) >= 11 is 3.39. The molecule has 0 fully saturated rings. The van der Waals surface area contributed by atoms with E-state index in [-0.39, 0.29) is 24.3 Å². The SMILES string of the molecule is Cc1cc(Br)ccc1NC(=O)CNC(=O)c1cc(C(C)C)nc2onc(C)c12. The molecule has 0 bridgehead atoms. The summed E-state index contributed by atoms with van der Waals surface area (Å²) in [5.74, 6) is -0.566. The molecule has 0 aliphatic carbocycles. The van der Waals surface area contributed by atoms with Gasteiger partial charge in [-0.15, -0.1) is 0 Å². The largest absolute Gasteiger partial charge is 0.343 e. The number of benzene rings is 1. The molecule has 0 unspecified atom stereocenters. The Labute approximate surface area is 171 Å². The van der Waals surface area contributed by atoms with E-state index < -0.39 is 0 Å². The van der Waals surface area contributed by atoms with Gasteiger partial charge in [-0.3, -0.25) is 9.59 Å². The summed E-state index contributed by atoms with van der Waals surface area (Å²) in [6, 6.07) is 7.28. The zero-order chi connectivity index (χ0) is 20.4. The fraction of sp³-hybridized carbons (Fsp3) is 0.300. The molecular formula is C20H21BrN4O3. The molecule has 8 heteroatoms. The van der Waals surface area contributed by atoms with E-state index in [2.05, 4.69) is 36.7 Å². The molecule has 0 spiro atoms. The Hall–Kier alpha value is -2.74.